The first-order chi connectivity index (χ1) is 11.6. The highest BCUT2D eigenvalue weighted by Gasteiger charge is 2.17. The van der Waals surface area contributed by atoms with Crippen LogP contribution in [0.15, 0.2) is 53.5 Å². The Labute approximate surface area is 142 Å². The van der Waals surface area contributed by atoms with Gasteiger partial charge >= 0.3 is 0 Å². The summed E-state index contributed by atoms with van der Waals surface area (Å²) in [5.41, 5.74) is 13.3. The van der Waals surface area contributed by atoms with Gasteiger partial charge in [0.2, 0.25) is 0 Å². The monoisotopic (exact) mass is 315 g/mol. The molecule has 1 aliphatic rings. The maximum atomic E-state index is 6.18. The van der Waals surface area contributed by atoms with Crippen LogP contribution in [0.5, 0.6) is 0 Å². The molecule has 0 amide bonds. The second kappa shape index (κ2) is 5.68. The minimum atomic E-state index is 0.434. The van der Waals surface area contributed by atoms with E-state index >= 15 is 0 Å². The van der Waals surface area contributed by atoms with Gasteiger partial charge in [-0.1, -0.05) is 36.4 Å². The van der Waals surface area contributed by atoms with Gasteiger partial charge in [0, 0.05) is 5.69 Å². The molecule has 3 N–H and O–H groups in total. The number of anilines is 1. The summed E-state index contributed by atoms with van der Waals surface area (Å²) in [6.45, 7) is 4.16. The van der Waals surface area contributed by atoms with Crippen LogP contribution in [-0.4, -0.2) is 5.96 Å². The molecule has 4 rings (SSSR count). The van der Waals surface area contributed by atoms with Crippen LogP contribution >= 0.6 is 0 Å². The van der Waals surface area contributed by atoms with E-state index < -0.39 is 0 Å². The van der Waals surface area contributed by atoms with Gasteiger partial charge in [-0.2, -0.15) is 0 Å². The summed E-state index contributed by atoms with van der Waals surface area (Å²) in [4.78, 5) is 4.57. The van der Waals surface area contributed by atoms with Crippen molar-refractivity contribution in [3.05, 3.63) is 70.8 Å². The van der Waals surface area contributed by atoms with Crippen molar-refractivity contribution in [2.45, 2.75) is 26.7 Å². The van der Waals surface area contributed by atoms with Crippen LogP contribution < -0.4 is 11.1 Å². The molecule has 3 aromatic carbocycles. The lowest BCUT2D eigenvalue weighted by Crippen LogP contribution is -2.22. The summed E-state index contributed by atoms with van der Waals surface area (Å²) in [6, 6.07) is 16.9. The van der Waals surface area contributed by atoms with Crippen LogP contribution in [0, 0.1) is 13.8 Å². The van der Waals surface area contributed by atoms with Crippen LogP contribution in [0.3, 0.4) is 0 Å². The summed E-state index contributed by atoms with van der Waals surface area (Å²) < 4.78 is 0. The molecule has 0 saturated carbocycles. The maximum absolute atomic E-state index is 6.18. The van der Waals surface area contributed by atoms with E-state index in [1.54, 1.807) is 0 Å². The summed E-state index contributed by atoms with van der Waals surface area (Å²) in [7, 11) is 0. The van der Waals surface area contributed by atoms with Gasteiger partial charge in [0.1, 0.15) is 0 Å². The number of nitrogens with zero attached hydrogens (tertiary/aromatic N) is 1. The van der Waals surface area contributed by atoms with E-state index in [-0.39, 0.29) is 0 Å². The molecule has 0 fully saturated rings. The second-order valence-corrected chi connectivity index (χ2v) is 6.45. The molecule has 0 bridgehead atoms. The molecule has 0 spiro atoms. The van der Waals surface area contributed by atoms with Crippen LogP contribution in [0.1, 0.15) is 22.3 Å². The predicted octanol–water partition coefficient (Wildman–Crippen LogP) is 4.61. The van der Waals surface area contributed by atoms with Crippen molar-refractivity contribution in [3.8, 4) is 0 Å². The van der Waals surface area contributed by atoms with Gasteiger partial charge in [0.15, 0.2) is 5.96 Å². The van der Waals surface area contributed by atoms with E-state index in [2.05, 4.69) is 60.6 Å². The first kappa shape index (κ1) is 14.8. The highest BCUT2D eigenvalue weighted by molar-refractivity contribution is 6.00. The molecular weight excluding hydrogens is 294 g/mol. The molecule has 24 heavy (non-hydrogen) atoms. The third kappa shape index (κ3) is 2.42. The van der Waals surface area contributed by atoms with Crippen molar-refractivity contribution < 1.29 is 0 Å². The summed E-state index contributed by atoms with van der Waals surface area (Å²) in [6.07, 6.45) is 2.15. The van der Waals surface area contributed by atoms with Gasteiger partial charge in [-0.3, -0.25) is 0 Å². The maximum Gasteiger partial charge on any atom is 0.198 e. The molecule has 0 heterocycles. The minimum Gasteiger partial charge on any atom is -0.369 e. The predicted molar refractivity (Wildman–Crippen MR) is 102 cm³/mol. The van der Waals surface area contributed by atoms with Gasteiger partial charge in [-0.15, -0.1) is 0 Å². The third-order valence-corrected chi connectivity index (χ3v) is 4.96. The van der Waals surface area contributed by atoms with Gasteiger partial charge < -0.3 is 11.1 Å². The molecule has 0 unspecified atom stereocenters. The van der Waals surface area contributed by atoms with Gasteiger partial charge in [-0.25, -0.2) is 4.99 Å². The smallest absolute Gasteiger partial charge is 0.198 e. The van der Waals surface area contributed by atoms with Crippen LogP contribution in [-0.2, 0) is 12.8 Å². The zero-order valence-electron chi connectivity index (χ0n) is 14.1. The van der Waals surface area contributed by atoms with Crippen molar-refractivity contribution in [3.63, 3.8) is 0 Å². The molecule has 0 atom stereocenters. The van der Waals surface area contributed by atoms with Gasteiger partial charge in [0.05, 0.1) is 5.69 Å². The molecule has 3 aromatic rings. The van der Waals surface area contributed by atoms with Crippen LogP contribution in [0.2, 0.25) is 0 Å². The number of aliphatic imine (C=N–C) groups is 1. The number of hydrogen-bond donors (Lipinski definition) is 2. The summed E-state index contributed by atoms with van der Waals surface area (Å²) in [5.74, 6) is 0.434. The number of guanidine groups is 1. The quantitative estimate of drug-likeness (QED) is 0.536. The Balaban J connectivity index is 1.70. The van der Waals surface area contributed by atoms with Gasteiger partial charge in [0.25, 0.3) is 0 Å². The number of nitrogens with one attached hydrogen (secondary N) is 1. The molecule has 0 saturated heterocycles. The third-order valence-electron chi connectivity index (χ3n) is 4.96. The van der Waals surface area contributed by atoms with E-state index in [1.807, 2.05) is 12.1 Å². The fourth-order valence-electron chi connectivity index (χ4n) is 3.53. The number of nitrogens with two attached hydrogens (primary N) is 1. The molecule has 0 aliphatic heterocycles. The summed E-state index contributed by atoms with van der Waals surface area (Å²) >= 11 is 0. The normalized spacial score (nSPS) is 13.5. The standard InChI is InChI=1S/C21H21N3/c1-13-5-3-8-18(14(13)2)23-21(22)24-19-12-10-16-7-4-6-15-9-11-17(19)20(15)16/h3-8,10,12H,9,11H2,1-2H3,(H3,22,23,24). The van der Waals surface area contributed by atoms with Crippen molar-refractivity contribution in [1.29, 1.82) is 0 Å². The minimum absolute atomic E-state index is 0.434. The molecule has 3 heteroatoms. The molecule has 0 aromatic heterocycles. The first-order valence-electron chi connectivity index (χ1n) is 8.34. The SMILES string of the molecule is Cc1cccc(N=C(N)Nc2ccc3cccc4c3c2CC4)c1C. The number of rotatable bonds is 2. The molecule has 120 valence electrons. The van der Waals surface area contributed by atoms with E-state index in [0.717, 1.165) is 29.8 Å². The Morgan fingerprint density at radius 1 is 1.00 bits per heavy atom. The Morgan fingerprint density at radius 2 is 1.83 bits per heavy atom. The number of hydrogen-bond acceptors (Lipinski definition) is 1. The van der Waals surface area contributed by atoms with Crippen LogP contribution in [0.25, 0.3) is 10.8 Å². The average molecular weight is 315 g/mol. The molecule has 0 radical (unpaired) electrons. The lowest BCUT2D eigenvalue weighted by atomic mass is 10.0. The van der Waals surface area contributed by atoms with E-state index in [0.29, 0.717) is 5.96 Å². The Morgan fingerprint density at radius 3 is 2.71 bits per heavy atom. The summed E-state index contributed by atoms with van der Waals surface area (Å²) in [5, 5.41) is 5.99. The van der Waals surface area contributed by atoms with E-state index in [1.165, 1.54) is 27.5 Å². The first-order valence-corrected chi connectivity index (χ1v) is 8.34. The number of benzene rings is 3. The van der Waals surface area contributed by atoms with Gasteiger partial charge in [-0.05, 0) is 71.8 Å². The number of aryl methyl sites for hydroxylation is 3. The highest BCUT2D eigenvalue weighted by atomic mass is 15.1. The Hall–Kier alpha value is -2.81. The molecule has 3 nitrogen and oxygen atoms in total. The average Bonchev–Trinajstić information content (AvgIpc) is 3.01. The zero-order valence-corrected chi connectivity index (χ0v) is 14.1. The Kier molecular flexibility index (Phi) is 3.49. The van der Waals surface area contributed by atoms with Crippen molar-refractivity contribution in [1.82, 2.24) is 0 Å². The molecular formula is C21H21N3. The van der Waals surface area contributed by atoms with Crippen LogP contribution in [0.4, 0.5) is 11.4 Å². The van der Waals surface area contributed by atoms with Crippen molar-refractivity contribution in [2.75, 3.05) is 5.32 Å². The molecule has 1 aliphatic carbocycles. The van der Waals surface area contributed by atoms with Crippen molar-refractivity contribution >= 4 is 28.1 Å². The largest absolute Gasteiger partial charge is 0.369 e. The Bertz CT molecular complexity index is 970. The van der Waals surface area contributed by atoms with Crippen molar-refractivity contribution in [2.24, 2.45) is 10.7 Å². The van der Waals surface area contributed by atoms with E-state index in [4.69, 9.17) is 5.73 Å². The van der Waals surface area contributed by atoms with E-state index in [9.17, 15) is 0 Å². The topological polar surface area (TPSA) is 50.4 Å². The fourth-order valence-corrected chi connectivity index (χ4v) is 3.53. The second-order valence-electron chi connectivity index (χ2n) is 6.45. The lowest BCUT2D eigenvalue weighted by Gasteiger charge is -2.12. The fraction of sp³-hybridized carbons (Fsp3) is 0.190. The lowest BCUT2D eigenvalue weighted by molar-refractivity contribution is 1.03. The zero-order chi connectivity index (χ0) is 16.7. The highest BCUT2D eigenvalue weighted by Crippen LogP contribution is 2.35.